The van der Waals surface area contributed by atoms with Crippen LogP contribution in [-0.4, -0.2) is 20.3 Å². The van der Waals surface area contributed by atoms with Gasteiger partial charge in [-0.1, -0.05) is 12.1 Å². The minimum Gasteiger partial charge on any atom is -0.385 e. The first-order chi connectivity index (χ1) is 7.24. The Morgan fingerprint density at radius 2 is 2.27 bits per heavy atom. The summed E-state index contributed by atoms with van der Waals surface area (Å²) in [6.07, 6.45) is 0.968. The van der Waals surface area contributed by atoms with Gasteiger partial charge in [0.1, 0.15) is 5.82 Å². The summed E-state index contributed by atoms with van der Waals surface area (Å²) in [5, 5.41) is 3.31. The third-order valence-electron chi connectivity index (χ3n) is 2.32. The second-order valence-electron chi connectivity index (χ2n) is 3.58. The van der Waals surface area contributed by atoms with Crippen molar-refractivity contribution in [2.24, 2.45) is 0 Å². The lowest BCUT2D eigenvalue weighted by molar-refractivity contribution is 0.193. The monoisotopic (exact) mass is 211 g/mol. The van der Waals surface area contributed by atoms with E-state index in [1.54, 1.807) is 19.2 Å². The van der Waals surface area contributed by atoms with Gasteiger partial charge in [0.2, 0.25) is 0 Å². The molecule has 1 atom stereocenters. The molecule has 2 nitrogen and oxygen atoms in total. The van der Waals surface area contributed by atoms with Crippen LogP contribution in [0.25, 0.3) is 0 Å². The van der Waals surface area contributed by atoms with Crippen LogP contribution in [0.5, 0.6) is 0 Å². The number of ether oxygens (including phenoxy) is 1. The topological polar surface area (TPSA) is 21.3 Å². The number of benzene rings is 1. The number of nitrogens with one attached hydrogen (secondary N) is 1. The Morgan fingerprint density at radius 1 is 1.47 bits per heavy atom. The molecule has 0 saturated carbocycles. The Labute approximate surface area is 90.4 Å². The normalized spacial score (nSPS) is 12.7. The van der Waals surface area contributed by atoms with Crippen LogP contribution in [0.4, 0.5) is 4.39 Å². The molecule has 1 aromatic rings. The molecule has 1 aromatic carbocycles. The van der Waals surface area contributed by atoms with Crippen LogP contribution in [0.15, 0.2) is 24.3 Å². The van der Waals surface area contributed by atoms with E-state index >= 15 is 0 Å². The SMILES string of the molecule is COCCCN[C@H](C)c1cccc(F)c1. The van der Waals surface area contributed by atoms with Gasteiger partial charge in [-0.05, 0) is 37.6 Å². The maximum atomic E-state index is 12.9. The third kappa shape index (κ3) is 4.40. The highest BCUT2D eigenvalue weighted by Crippen LogP contribution is 2.12. The van der Waals surface area contributed by atoms with Gasteiger partial charge >= 0.3 is 0 Å². The zero-order chi connectivity index (χ0) is 11.1. The number of hydrogen-bond donors (Lipinski definition) is 1. The third-order valence-corrected chi connectivity index (χ3v) is 2.32. The molecule has 0 aliphatic heterocycles. The van der Waals surface area contributed by atoms with E-state index in [1.807, 2.05) is 13.0 Å². The molecule has 0 saturated heterocycles. The largest absolute Gasteiger partial charge is 0.385 e. The zero-order valence-corrected chi connectivity index (χ0v) is 9.29. The molecule has 0 bridgehead atoms. The molecule has 0 aliphatic rings. The van der Waals surface area contributed by atoms with Gasteiger partial charge in [0.25, 0.3) is 0 Å². The summed E-state index contributed by atoms with van der Waals surface area (Å²) >= 11 is 0. The first-order valence-corrected chi connectivity index (χ1v) is 5.22. The highest BCUT2D eigenvalue weighted by molar-refractivity contribution is 5.19. The molecule has 3 heteroatoms. The second kappa shape index (κ2) is 6.53. The lowest BCUT2D eigenvalue weighted by atomic mass is 10.1. The molecule has 0 aromatic heterocycles. The fourth-order valence-electron chi connectivity index (χ4n) is 1.43. The molecule has 1 N–H and O–H groups in total. The van der Waals surface area contributed by atoms with Gasteiger partial charge in [-0.25, -0.2) is 4.39 Å². The number of methoxy groups -OCH3 is 1. The van der Waals surface area contributed by atoms with E-state index in [2.05, 4.69) is 5.32 Å². The van der Waals surface area contributed by atoms with Crippen LogP contribution in [0.1, 0.15) is 24.9 Å². The Morgan fingerprint density at radius 3 is 2.93 bits per heavy atom. The lowest BCUT2D eigenvalue weighted by Gasteiger charge is -2.13. The van der Waals surface area contributed by atoms with Crippen molar-refractivity contribution in [1.82, 2.24) is 5.32 Å². The second-order valence-corrected chi connectivity index (χ2v) is 3.58. The van der Waals surface area contributed by atoms with E-state index in [9.17, 15) is 4.39 Å². The summed E-state index contributed by atoms with van der Waals surface area (Å²) in [6, 6.07) is 6.86. The Hall–Kier alpha value is -0.930. The van der Waals surface area contributed by atoms with E-state index in [4.69, 9.17) is 4.74 Å². The fourth-order valence-corrected chi connectivity index (χ4v) is 1.43. The van der Waals surface area contributed by atoms with Crippen molar-refractivity contribution >= 4 is 0 Å². The van der Waals surface area contributed by atoms with Gasteiger partial charge in [0, 0.05) is 19.8 Å². The summed E-state index contributed by atoms with van der Waals surface area (Å²) in [5.74, 6) is -0.182. The molecule has 0 amide bonds. The van der Waals surface area contributed by atoms with Crippen LogP contribution in [0.3, 0.4) is 0 Å². The Balaban J connectivity index is 2.36. The molecular weight excluding hydrogens is 193 g/mol. The van der Waals surface area contributed by atoms with Crippen molar-refractivity contribution < 1.29 is 9.13 Å². The van der Waals surface area contributed by atoms with E-state index in [0.717, 1.165) is 25.1 Å². The summed E-state index contributed by atoms with van der Waals surface area (Å²) < 4.78 is 17.9. The molecule has 0 fully saturated rings. The van der Waals surface area contributed by atoms with Gasteiger partial charge in [-0.15, -0.1) is 0 Å². The maximum Gasteiger partial charge on any atom is 0.123 e. The molecule has 0 heterocycles. The summed E-state index contributed by atoms with van der Waals surface area (Å²) in [5.41, 5.74) is 0.979. The fraction of sp³-hybridized carbons (Fsp3) is 0.500. The van der Waals surface area contributed by atoms with Crippen molar-refractivity contribution in [3.05, 3.63) is 35.6 Å². The van der Waals surface area contributed by atoms with E-state index in [1.165, 1.54) is 6.07 Å². The van der Waals surface area contributed by atoms with Gasteiger partial charge in [-0.2, -0.15) is 0 Å². The molecular formula is C12H18FNO. The molecule has 0 spiro atoms. The average Bonchev–Trinajstić information content (AvgIpc) is 2.24. The van der Waals surface area contributed by atoms with Crippen LogP contribution in [0.2, 0.25) is 0 Å². The van der Waals surface area contributed by atoms with Crippen LogP contribution < -0.4 is 5.32 Å². The van der Waals surface area contributed by atoms with Gasteiger partial charge < -0.3 is 10.1 Å². The number of halogens is 1. The van der Waals surface area contributed by atoms with Crippen molar-refractivity contribution in [2.75, 3.05) is 20.3 Å². The van der Waals surface area contributed by atoms with Crippen LogP contribution >= 0.6 is 0 Å². The smallest absolute Gasteiger partial charge is 0.123 e. The average molecular weight is 211 g/mol. The van der Waals surface area contributed by atoms with Crippen molar-refractivity contribution in [3.63, 3.8) is 0 Å². The first kappa shape index (κ1) is 12.1. The molecule has 15 heavy (non-hydrogen) atoms. The molecule has 0 unspecified atom stereocenters. The Bertz CT molecular complexity index is 291. The standard InChI is InChI=1S/C12H18FNO/c1-10(14-7-4-8-15-2)11-5-3-6-12(13)9-11/h3,5-6,9-10,14H,4,7-8H2,1-2H3/t10-/m1/s1. The van der Waals surface area contributed by atoms with Crippen LogP contribution in [-0.2, 0) is 4.74 Å². The van der Waals surface area contributed by atoms with Gasteiger partial charge in [-0.3, -0.25) is 0 Å². The highest BCUT2D eigenvalue weighted by Gasteiger charge is 2.04. The van der Waals surface area contributed by atoms with Crippen LogP contribution in [0, 0.1) is 5.82 Å². The molecule has 1 rings (SSSR count). The predicted octanol–water partition coefficient (Wildman–Crippen LogP) is 2.51. The maximum absolute atomic E-state index is 12.9. The molecule has 0 radical (unpaired) electrons. The van der Waals surface area contributed by atoms with Crippen molar-refractivity contribution in [3.8, 4) is 0 Å². The van der Waals surface area contributed by atoms with E-state index < -0.39 is 0 Å². The van der Waals surface area contributed by atoms with Gasteiger partial charge in [0.05, 0.1) is 0 Å². The minimum atomic E-state index is -0.182. The van der Waals surface area contributed by atoms with Gasteiger partial charge in [0.15, 0.2) is 0 Å². The predicted molar refractivity (Wildman–Crippen MR) is 59.3 cm³/mol. The quantitative estimate of drug-likeness (QED) is 0.730. The summed E-state index contributed by atoms with van der Waals surface area (Å²) in [7, 11) is 1.69. The van der Waals surface area contributed by atoms with Crippen molar-refractivity contribution in [1.29, 1.82) is 0 Å². The first-order valence-electron chi connectivity index (χ1n) is 5.22. The van der Waals surface area contributed by atoms with Crippen molar-refractivity contribution in [2.45, 2.75) is 19.4 Å². The molecule has 0 aliphatic carbocycles. The minimum absolute atomic E-state index is 0.178. The lowest BCUT2D eigenvalue weighted by Crippen LogP contribution is -2.20. The summed E-state index contributed by atoms with van der Waals surface area (Å²) in [6.45, 7) is 3.66. The zero-order valence-electron chi connectivity index (χ0n) is 9.29. The number of hydrogen-bond acceptors (Lipinski definition) is 2. The Kier molecular flexibility index (Phi) is 5.29. The summed E-state index contributed by atoms with van der Waals surface area (Å²) in [4.78, 5) is 0. The van der Waals surface area contributed by atoms with E-state index in [-0.39, 0.29) is 11.9 Å². The molecule has 84 valence electrons. The van der Waals surface area contributed by atoms with E-state index in [0.29, 0.717) is 0 Å². The highest BCUT2D eigenvalue weighted by atomic mass is 19.1. The number of rotatable bonds is 6.